The minimum atomic E-state index is -0.307. The SMILES string of the molecule is CN(C)CCCN1CCN(CCCN2C(=O)[C@@H]3Cc4ccccc4CN3C2=O)CC1. The Morgan fingerprint density at radius 2 is 1.53 bits per heavy atom. The fourth-order valence-corrected chi connectivity index (χ4v) is 4.88. The van der Waals surface area contributed by atoms with Gasteiger partial charge in [-0.15, -0.1) is 0 Å². The van der Waals surface area contributed by atoms with E-state index in [4.69, 9.17) is 0 Å². The van der Waals surface area contributed by atoms with Crippen LogP contribution in [0.1, 0.15) is 24.0 Å². The third-order valence-electron chi connectivity index (χ3n) is 6.68. The lowest BCUT2D eigenvalue weighted by atomic mass is 9.95. The smallest absolute Gasteiger partial charge is 0.309 e. The Morgan fingerprint density at radius 3 is 2.20 bits per heavy atom. The summed E-state index contributed by atoms with van der Waals surface area (Å²) in [6.07, 6.45) is 2.71. The number of imide groups is 1. The Hall–Kier alpha value is -1.96. The lowest BCUT2D eigenvalue weighted by Gasteiger charge is -2.35. The number of hydrogen-bond donors (Lipinski definition) is 0. The second-order valence-corrected chi connectivity index (χ2v) is 9.08. The predicted molar refractivity (Wildman–Crippen MR) is 117 cm³/mol. The molecule has 0 aliphatic carbocycles. The Kier molecular flexibility index (Phi) is 6.71. The lowest BCUT2D eigenvalue weighted by Crippen LogP contribution is -2.47. The van der Waals surface area contributed by atoms with Crippen LogP contribution >= 0.6 is 0 Å². The molecule has 0 bridgehead atoms. The van der Waals surface area contributed by atoms with Gasteiger partial charge < -0.3 is 19.6 Å². The summed E-state index contributed by atoms with van der Waals surface area (Å²) in [5.41, 5.74) is 2.37. The molecule has 0 aromatic heterocycles. The number of nitrogens with zero attached hydrogens (tertiary/aromatic N) is 5. The van der Waals surface area contributed by atoms with E-state index in [0.29, 0.717) is 19.5 Å². The van der Waals surface area contributed by atoms with Crippen molar-refractivity contribution >= 4 is 11.9 Å². The van der Waals surface area contributed by atoms with Crippen LogP contribution in [0.25, 0.3) is 0 Å². The molecule has 2 saturated heterocycles. The average molecular weight is 414 g/mol. The molecule has 1 aromatic carbocycles. The number of fused-ring (bicyclic) bond motifs is 2. The number of carbonyl (C=O) groups is 2. The molecule has 3 aliphatic rings. The fourth-order valence-electron chi connectivity index (χ4n) is 4.88. The Balaban J connectivity index is 1.20. The van der Waals surface area contributed by atoms with Gasteiger partial charge in [-0.3, -0.25) is 9.69 Å². The van der Waals surface area contributed by atoms with Gasteiger partial charge in [-0.1, -0.05) is 24.3 Å². The summed E-state index contributed by atoms with van der Waals surface area (Å²) in [7, 11) is 4.25. The third-order valence-corrected chi connectivity index (χ3v) is 6.68. The van der Waals surface area contributed by atoms with Gasteiger partial charge in [0.2, 0.25) is 0 Å². The zero-order valence-electron chi connectivity index (χ0n) is 18.4. The number of rotatable bonds is 8. The average Bonchev–Trinajstić information content (AvgIpc) is 2.97. The molecule has 3 aliphatic heterocycles. The van der Waals surface area contributed by atoms with Crippen LogP contribution in [0.15, 0.2) is 24.3 Å². The van der Waals surface area contributed by atoms with Gasteiger partial charge in [0, 0.05) is 45.7 Å². The maximum absolute atomic E-state index is 12.9. The highest BCUT2D eigenvalue weighted by Gasteiger charge is 2.46. The van der Waals surface area contributed by atoms with E-state index in [2.05, 4.69) is 40.9 Å². The zero-order chi connectivity index (χ0) is 21.1. The third kappa shape index (κ3) is 4.68. The second kappa shape index (κ2) is 9.45. The number of amides is 3. The Morgan fingerprint density at radius 1 is 0.900 bits per heavy atom. The van der Waals surface area contributed by atoms with Crippen molar-refractivity contribution in [3.63, 3.8) is 0 Å². The van der Waals surface area contributed by atoms with Crippen LogP contribution in [0.3, 0.4) is 0 Å². The summed E-state index contributed by atoms with van der Waals surface area (Å²) in [5, 5.41) is 0. The summed E-state index contributed by atoms with van der Waals surface area (Å²) < 4.78 is 0. The van der Waals surface area contributed by atoms with E-state index >= 15 is 0 Å². The van der Waals surface area contributed by atoms with Crippen molar-refractivity contribution in [1.82, 2.24) is 24.5 Å². The van der Waals surface area contributed by atoms with Crippen LogP contribution in [0, 0.1) is 0 Å². The minimum Gasteiger partial charge on any atom is -0.309 e. The van der Waals surface area contributed by atoms with Crippen LogP contribution in [-0.4, -0.2) is 109 Å². The van der Waals surface area contributed by atoms with Crippen molar-refractivity contribution < 1.29 is 9.59 Å². The number of benzene rings is 1. The largest absolute Gasteiger partial charge is 0.327 e. The number of urea groups is 1. The first-order valence-corrected chi connectivity index (χ1v) is 11.3. The molecular weight excluding hydrogens is 378 g/mol. The molecule has 164 valence electrons. The van der Waals surface area contributed by atoms with Gasteiger partial charge in [-0.25, -0.2) is 4.79 Å². The molecule has 7 heteroatoms. The first-order chi connectivity index (χ1) is 14.5. The van der Waals surface area contributed by atoms with Crippen molar-refractivity contribution in [3.8, 4) is 0 Å². The summed E-state index contributed by atoms with van der Waals surface area (Å²) in [4.78, 5) is 36.2. The van der Waals surface area contributed by atoms with Crippen molar-refractivity contribution in [1.29, 1.82) is 0 Å². The molecule has 7 nitrogen and oxygen atoms in total. The van der Waals surface area contributed by atoms with E-state index in [1.165, 1.54) is 29.0 Å². The van der Waals surface area contributed by atoms with Gasteiger partial charge in [0.25, 0.3) is 5.91 Å². The van der Waals surface area contributed by atoms with Crippen molar-refractivity contribution in [2.45, 2.75) is 31.8 Å². The zero-order valence-corrected chi connectivity index (χ0v) is 18.4. The van der Waals surface area contributed by atoms with Gasteiger partial charge in [-0.2, -0.15) is 0 Å². The van der Waals surface area contributed by atoms with E-state index in [1.54, 1.807) is 4.90 Å². The van der Waals surface area contributed by atoms with Gasteiger partial charge in [0.1, 0.15) is 6.04 Å². The Labute approximate surface area is 180 Å². The molecular formula is C23H35N5O2. The molecule has 3 heterocycles. The van der Waals surface area contributed by atoms with Crippen molar-refractivity contribution in [2.75, 3.05) is 66.5 Å². The van der Waals surface area contributed by atoms with E-state index in [-0.39, 0.29) is 18.0 Å². The predicted octanol–water partition coefficient (Wildman–Crippen LogP) is 1.33. The topological polar surface area (TPSA) is 50.3 Å². The first kappa shape index (κ1) is 21.3. The number of hydrogen-bond acceptors (Lipinski definition) is 5. The van der Waals surface area contributed by atoms with Gasteiger partial charge >= 0.3 is 6.03 Å². The monoisotopic (exact) mass is 413 g/mol. The minimum absolute atomic E-state index is 0.0137. The van der Waals surface area contributed by atoms with E-state index in [9.17, 15) is 9.59 Å². The van der Waals surface area contributed by atoms with Crippen LogP contribution in [0.4, 0.5) is 4.79 Å². The Bertz CT molecular complexity index is 717. The summed E-state index contributed by atoms with van der Waals surface area (Å²) in [6, 6.07) is 7.74. The maximum Gasteiger partial charge on any atom is 0.327 e. The van der Waals surface area contributed by atoms with Crippen LogP contribution in [0.2, 0.25) is 0 Å². The quantitative estimate of drug-likeness (QED) is 0.602. The summed E-state index contributed by atoms with van der Waals surface area (Å²) in [5.74, 6) is -0.0137. The molecule has 0 spiro atoms. The molecule has 3 amide bonds. The highest BCUT2D eigenvalue weighted by molar-refractivity contribution is 6.04. The fraction of sp³-hybridized carbons (Fsp3) is 0.652. The molecule has 2 fully saturated rings. The highest BCUT2D eigenvalue weighted by Crippen LogP contribution is 2.30. The molecule has 0 unspecified atom stereocenters. The molecule has 1 aromatic rings. The van der Waals surface area contributed by atoms with Crippen molar-refractivity contribution in [2.24, 2.45) is 0 Å². The standard InChI is InChI=1S/C23H35N5O2/c1-24(2)9-5-10-25-13-15-26(16-14-25)11-6-12-27-22(29)21-17-19-7-3-4-8-20(19)18-28(21)23(27)30/h3-4,7-8,21H,5-6,9-18H2,1-2H3/t21-/m0/s1. The maximum atomic E-state index is 12.9. The van der Waals surface area contributed by atoms with E-state index in [1.807, 2.05) is 12.1 Å². The molecule has 4 rings (SSSR count). The second-order valence-electron chi connectivity index (χ2n) is 9.08. The van der Waals surface area contributed by atoms with E-state index < -0.39 is 0 Å². The number of carbonyl (C=O) groups excluding carboxylic acids is 2. The van der Waals surface area contributed by atoms with Gasteiger partial charge in [0.15, 0.2) is 0 Å². The molecule has 1 atom stereocenters. The molecule has 0 saturated carbocycles. The first-order valence-electron chi connectivity index (χ1n) is 11.3. The van der Waals surface area contributed by atoms with Crippen molar-refractivity contribution in [3.05, 3.63) is 35.4 Å². The van der Waals surface area contributed by atoms with Gasteiger partial charge in [0.05, 0.1) is 0 Å². The van der Waals surface area contributed by atoms with Gasteiger partial charge in [-0.05, 0) is 57.7 Å². The summed E-state index contributed by atoms with van der Waals surface area (Å²) >= 11 is 0. The summed E-state index contributed by atoms with van der Waals surface area (Å²) in [6.45, 7) is 8.73. The lowest BCUT2D eigenvalue weighted by molar-refractivity contribution is -0.128. The molecule has 0 radical (unpaired) electrons. The highest BCUT2D eigenvalue weighted by atomic mass is 16.2. The van der Waals surface area contributed by atoms with Crippen LogP contribution in [0.5, 0.6) is 0 Å². The van der Waals surface area contributed by atoms with E-state index in [0.717, 1.165) is 45.7 Å². The molecule has 0 N–H and O–H groups in total. The normalized spacial score (nSPS) is 22.7. The van der Waals surface area contributed by atoms with Crippen LogP contribution < -0.4 is 0 Å². The van der Waals surface area contributed by atoms with Crippen LogP contribution in [-0.2, 0) is 17.8 Å². The number of piperazine rings is 1. The molecule has 30 heavy (non-hydrogen) atoms.